The first kappa shape index (κ1) is 6.77. The summed E-state index contributed by atoms with van der Waals surface area (Å²) in [5, 5.41) is 0. The molecule has 2 nitrogen and oxygen atoms in total. The fourth-order valence-corrected chi connectivity index (χ4v) is 1.63. The van der Waals surface area contributed by atoms with Gasteiger partial charge in [0, 0.05) is 24.6 Å². The first-order valence-corrected chi connectivity index (χ1v) is 4.03. The highest BCUT2D eigenvalue weighted by atomic mass is 16.1. The van der Waals surface area contributed by atoms with Crippen molar-refractivity contribution in [1.29, 1.82) is 0 Å². The van der Waals surface area contributed by atoms with Gasteiger partial charge in [-0.1, -0.05) is 12.5 Å². The molecule has 0 aromatic heterocycles. The van der Waals surface area contributed by atoms with E-state index >= 15 is 0 Å². The molecule has 2 atom stereocenters. The van der Waals surface area contributed by atoms with Crippen molar-refractivity contribution < 1.29 is 4.79 Å². The summed E-state index contributed by atoms with van der Waals surface area (Å²) in [7, 11) is 0. The Morgan fingerprint density at radius 1 is 1.64 bits per heavy atom. The van der Waals surface area contributed by atoms with Gasteiger partial charge in [-0.15, -0.1) is 0 Å². The number of hydrogen-bond acceptors (Lipinski definition) is 2. The molecule has 2 heteroatoms. The van der Waals surface area contributed by atoms with E-state index in [0.717, 1.165) is 13.0 Å². The van der Waals surface area contributed by atoms with E-state index in [2.05, 4.69) is 4.99 Å². The van der Waals surface area contributed by atoms with Gasteiger partial charge in [-0.3, -0.25) is 9.79 Å². The maximum Gasteiger partial charge on any atom is 0.144 e. The van der Waals surface area contributed by atoms with Gasteiger partial charge in [0.05, 0.1) is 0 Å². The zero-order chi connectivity index (χ0) is 7.84. The van der Waals surface area contributed by atoms with Gasteiger partial charge in [-0.25, -0.2) is 0 Å². The van der Waals surface area contributed by atoms with Crippen LogP contribution in [-0.4, -0.2) is 18.5 Å². The van der Waals surface area contributed by atoms with Crippen molar-refractivity contribution in [1.82, 2.24) is 0 Å². The second-order valence-corrected chi connectivity index (χ2v) is 3.22. The smallest absolute Gasteiger partial charge is 0.144 e. The number of carbonyl (C=O) groups is 1. The third kappa shape index (κ3) is 1.02. The van der Waals surface area contributed by atoms with Crippen LogP contribution in [0.3, 0.4) is 0 Å². The molecule has 2 unspecified atom stereocenters. The highest BCUT2D eigenvalue weighted by Gasteiger charge is 2.47. The number of dihydropyridines is 1. The molecular weight excluding hydrogens is 138 g/mol. The maximum atomic E-state index is 11.0. The van der Waals surface area contributed by atoms with Gasteiger partial charge in [-0.2, -0.15) is 0 Å². The van der Waals surface area contributed by atoms with Gasteiger partial charge >= 0.3 is 0 Å². The Hall–Kier alpha value is -0.920. The van der Waals surface area contributed by atoms with Crippen LogP contribution in [0, 0.1) is 11.8 Å². The molecule has 2 rings (SSSR count). The largest absolute Gasteiger partial charge is 0.299 e. The van der Waals surface area contributed by atoms with Crippen molar-refractivity contribution in [3.8, 4) is 0 Å². The van der Waals surface area contributed by atoms with E-state index in [1.807, 2.05) is 19.2 Å². The lowest BCUT2D eigenvalue weighted by atomic mass is 10.0. The second kappa shape index (κ2) is 2.29. The molecule has 0 spiro atoms. The van der Waals surface area contributed by atoms with Crippen molar-refractivity contribution in [2.75, 3.05) is 6.54 Å². The van der Waals surface area contributed by atoms with Crippen LogP contribution < -0.4 is 0 Å². The Balaban J connectivity index is 2.12. The van der Waals surface area contributed by atoms with E-state index < -0.39 is 0 Å². The Morgan fingerprint density at radius 3 is 2.82 bits per heavy atom. The highest BCUT2D eigenvalue weighted by Crippen LogP contribution is 2.40. The minimum Gasteiger partial charge on any atom is -0.299 e. The van der Waals surface area contributed by atoms with Crippen LogP contribution in [0.5, 0.6) is 0 Å². The summed E-state index contributed by atoms with van der Waals surface area (Å²) < 4.78 is 0. The zero-order valence-electron chi connectivity index (χ0n) is 6.58. The highest BCUT2D eigenvalue weighted by molar-refractivity contribution is 6.02. The molecular formula is C9H11NO. The quantitative estimate of drug-likeness (QED) is 0.551. The molecule has 1 saturated carbocycles. The second-order valence-electron chi connectivity index (χ2n) is 3.22. The van der Waals surface area contributed by atoms with Gasteiger partial charge in [0.25, 0.3) is 0 Å². The summed E-state index contributed by atoms with van der Waals surface area (Å²) in [5.41, 5.74) is 1.29. The molecule has 0 bridgehead atoms. The number of aliphatic imine (C=N–C) groups is 1. The van der Waals surface area contributed by atoms with E-state index in [0.29, 0.717) is 5.78 Å². The van der Waals surface area contributed by atoms with Crippen LogP contribution in [0.2, 0.25) is 0 Å². The van der Waals surface area contributed by atoms with Crippen LogP contribution in [0.4, 0.5) is 0 Å². The molecule has 0 saturated heterocycles. The zero-order valence-corrected chi connectivity index (χ0v) is 6.58. The summed E-state index contributed by atoms with van der Waals surface area (Å²) in [6.07, 6.45) is 4.80. The number of allylic oxidation sites excluding steroid dienone is 1. The van der Waals surface area contributed by atoms with Crippen molar-refractivity contribution in [3.05, 3.63) is 11.6 Å². The molecule has 0 N–H and O–H groups in total. The molecule has 0 amide bonds. The molecule has 11 heavy (non-hydrogen) atoms. The normalized spacial score (nSPS) is 35.4. The summed E-state index contributed by atoms with van der Waals surface area (Å²) in [6.45, 7) is 2.86. The van der Waals surface area contributed by atoms with Crippen molar-refractivity contribution in [3.63, 3.8) is 0 Å². The van der Waals surface area contributed by atoms with Gasteiger partial charge < -0.3 is 0 Å². The van der Waals surface area contributed by atoms with Crippen molar-refractivity contribution >= 4 is 12.0 Å². The van der Waals surface area contributed by atoms with Gasteiger partial charge in [0.1, 0.15) is 5.78 Å². The molecule has 1 aliphatic heterocycles. The predicted molar refractivity (Wildman–Crippen MR) is 43.7 cm³/mol. The molecule has 1 aliphatic carbocycles. The van der Waals surface area contributed by atoms with E-state index in [4.69, 9.17) is 0 Å². The number of carbonyl (C=O) groups excluding carboxylic acids is 1. The SMILES string of the molecule is CC1C(=O)C1C1=CC=NCC1. The first-order valence-electron chi connectivity index (χ1n) is 4.03. The third-order valence-corrected chi connectivity index (χ3v) is 2.47. The summed E-state index contributed by atoms with van der Waals surface area (Å²) in [6, 6.07) is 0. The maximum absolute atomic E-state index is 11.0. The lowest BCUT2D eigenvalue weighted by Gasteiger charge is -2.04. The lowest BCUT2D eigenvalue weighted by molar-refractivity contribution is -0.111. The fourth-order valence-electron chi connectivity index (χ4n) is 1.63. The number of nitrogens with zero attached hydrogens (tertiary/aromatic N) is 1. The Bertz CT molecular complexity index is 252. The van der Waals surface area contributed by atoms with E-state index in [1.165, 1.54) is 5.57 Å². The summed E-state index contributed by atoms with van der Waals surface area (Å²) in [5.74, 6) is 0.945. The molecule has 0 aromatic rings. The standard InChI is InChI=1S/C9H11NO/c1-6-8(9(6)11)7-2-4-10-5-3-7/h2,4,6,8H,3,5H2,1H3. The molecule has 1 fully saturated rings. The molecule has 2 aliphatic rings. The van der Waals surface area contributed by atoms with Gasteiger partial charge in [-0.05, 0) is 12.5 Å². The summed E-state index contributed by atoms with van der Waals surface area (Å²) >= 11 is 0. The Labute approximate surface area is 66.0 Å². The van der Waals surface area contributed by atoms with Crippen LogP contribution >= 0.6 is 0 Å². The number of Topliss-reactive ketones (excluding diaryl/α,β-unsaturated/α-hetero) is 1. The fraction of sp³-hybridized carbons (Fsp3) is 0.556. The van der Waals surface area contributed by atoms with Gasteiger partial charge in [0.15, 0.2) is 0 Å². The number of ketones is 1. The molecule has 1 heterocycles. The van der Waals surface area contributed by atoms with Crippen molar-refractivity contribution in [2.45, 2.75) is 13.3 Å². The predicted octanol–water partition coefficient (Wildman–Crippen LogP) is 1.22. The minimum absolute atomic E-state index is 0.252. The van der Waals surface area contributed by atoms with E-state index in [1.54, 1.807) is 0 Å². The topological polar surface area (TPSA) is 29.4 Å². The van der Waals surface area contributed by atoms with Crippen molar-refractivity contribution in [2.24, 2.45) is 16.8 Å². The average molecular weight is 149 g/mol. The summed E-state index contributed by atoms with van der Waals surface area (Å²) in [4.78, 5) is 15.1. The van der Waals surface area contributed by atoms with E-state index in [-0.39, 0.29) is 11.8 Å². The monoisotopic (exact) mass is 149 g/mol. The van der Waals surface area contributed by atoms with Crippen LogP contribution in [0.1, 0.15) is 13.3 Å². The lowest BCUT2D eigenvalue weighted by Crippen LogP contribution is -1.98. The average Bonchev–Trinajstić information content (AvgIpc) is 2.62. The molecule has 0 aromatic carbocycles. The first-order chi connectivity index (χ1) is 5.30. The number of hydrogen-bond donors (Lipinski definition) is 0. The number of rotatable bonds is 1. The van der Waals surface area contributed by atoms with Crippen LogP contribution in [-0.2, 0) is 4.79 Å². The minimum atomic E-state index is 0.252. The van der Waals surface area contributed by atoms with Gasteiger partial charge in [0.2, 0.25) is 0 Å². The van der Waals surface area contributed by atoms with E-state index in [9.17, 15) is 4.79 Å². The molecule has 0 radical (unpaired) electrons. The van der Waals surface area contributed by atoms with Crippen LogP contribution in [0.15, 0.2) is 16.6 Å². The Morgan fingerprint density at radius 2 is 2.36 bits per heavy atom. The van der Waals surface area contributed by atoms with Crippen LogP contribution in [0.25, 0.3) is 0 Å². The molecule has 58 valence electrons. The third-order valence-electron chi connectivity index (χ3n) is 2.47. The Kier molecular flexibility index (Phi) is 1.41.